The monoisotopic (exact) mass is 294 g/mol. The topological polar surface area (TPSA) is 29.3 Å². The van der Waals surface area contributed by atoms with Gasteiger partial charge >= 0.3 is 0 Å². The minimum atomic E-state index is 0.489. The largest absolute Gasteiger partial charge is 0.329 e. The maximum absolute atomic E-state index is 6.18. The van der Waals surface area contributed by atoms with E-state index in [4.69, 9.17) is 5.73 Å². The molecule has 0 spiro atoms. The van der Waals surface area contributed by atoms with Crippen LogP contribution in [0, 0.1) is 23.2 Å². The van der Waals surface area contributed by atoms with Crippen molar-refractivity contribution in [2.45, 2.75) is 78.7 Å². The molecule has 2 nitrogen and oxygen atoms in total. The summed E-state index contributed by atoms with van der Waals surface area (Å²) in [5.41, 5.74) is 6.67. The van der Waals surface area contributed by atoms with Crippen LogP contribution in [0.5, 0.6) is 0 Å². The normalized spacial score (nSPS) is 33.3. The highest BCUT2D eigenvalue weighted by Crippen LogP contribution is 2.41. The first kappa shape index (κ1) is 17.3. The Balaban J connectivity index is 1.86. The molecule has 1 aliphatic heterocycles. The highest BCUT2D eigenvalue weighted by Gasteiger charge is 2.36. The van der Waals surface area contributed by atoms with Gasteiger partial charge in [-0.05, 0) is 68.2 Å². The van der Waals surface area contributed by atoms with Crippen LogP contribution >= 0.6 is 0 Å². The van der Waals surface area contributed by atoms with Crippen LogP contribution in [0.2, 0.25) is 0 Å². The first-order valence-corrected chi connectivity index (χ1v) is 9.39. The van der Waals surface area contributed by atoms with E-state index in [1.165, 1.54) is 58.0 Å². The molecule has 2 aliphatic rings. The molecule has 0 radical (unpaired) electrons. The Bertz CT molecular complexity index is 299. The molecule has 0 aromatic rings. The summed E-state index contributed by atoms with van der Waals surface area (Å²) in [7, 11) is 0. The fourth-order valence-electron chi connectivity index (χ4n) is 4.82. The maximum Gasteiger partial charge on any atom is 0.0246 e. The van der Waals surface area contributed by atoms with Crippen molar-refractivity contribution < 1.29 is 0 Å². The first-order valence-electron chi connectivity index (χ1n) is 9.39. The Morgan fingerprint density at radius 3 is 2.29 bits per heavy atom. The summed E-state index contributed by atoms with van der Waals surface area (Å²) in [5, 5.41) is 0. The fraction of sp³-hybridized carbons (Fsp3) is 1.00. The SMILES string of the molecule is CCCC1CCN(C(CN)C2CCC(C(C)(C)C)CC2)C1. The lowest BCUT2D eigenvalue weighted by Crippen LogP contribution is -2.46. The van der Waals surface area contributed by atoms with Crippen molar-refractivity contribution in [2.75, 3.05) is 19.6 Å². The Morgan fingerprint density at radius 1 is 1.10 bits per heavy atom. The molecular formula is C19H38N2. The zero-order valence-corrected chi connectivity index (χ0v) is 14.9. The van der Waals surface area contributed by atoms with E-state index in [0.717, 1.165) is 24.3 Å². The van der Waals surface area contributed by atoms with E-state index in [2.05, 4.69) is 32.6 Å². The van der Waals surface area contributed by atoms with Gasteiger partial charge < -0.3 is 5.73 Å². The summed E-state index contributed by atoms with van der Waals surface area (Å²) < 4.78 is 0. The van der Waals surface area contributed by atoms with Crippen molar-refractivity contribution in [1.29, 1.82) is 0 Å². The summed E-state index contributed by atoms with van der Waals surface area (Å²) in [5.74, 6) is 2.71. The average Bonchev–Trinajstić information content (AvgIpc) is 2.88. The zero-order valence-electron chi connectivity index (χ0n) is 14.9. The molecule has 0 amide bonds. The molecule has 0 aromatic heterocycles. The van der Waals surface area contributed by atoms with Crippen LogP contribution in [-0.4, -0.2) is 30.6 Å². The van der Waals surface area contributed by atoms with E-state index in [1.807, 2.05) is 0 Å². The van der Waals surface area contributed by atoms with Crippen LogP contribution in [0.3, 0.4) is 0 Å². The highest BCUT2D eigenvalue weighted by molar-refractivity contribution is 4.90. The minimum absolute atomic E-state index is 0.489. The Hall–Kier alpha value is -0.0800. The summed E-state index contributed by atoms with van der Waals surface area (Å²) in [4.78, 5) is 2.74. The highest BCUT2D eigenvalue weighted by atomic mass is 15.2. The van der Waals surface area contributed by atoms with E-state index >= 15 is 0 Å². The van der Waals surface area contributed by atoms with Crippen LogP contribution in [0.1, 0.15) is 72.6 Å². The predicted octanol–water partition coefficient (Wildman–Crippen LogP) is 4.29. The van der Waals surface area contributed by atoms with Gasteiger partial charge in [0.15, 0.2) is 0 Å². The van der Waals surface area contributed by atoms with Gasteiger partial charge in [-0.15, -0.1) is 0 Å². The van der Waals surface area contributed by atoms with Crippen LogP contribution in [0.25, 0.3) is 0 Å². The molecular weight excluding hydrogens is 256 g/mol. The molecule has 1 aliphatic carbocycles. The summed E-state index contributed by atoms with van der Waals surface area (Å²) >= 11 is 0. The van der Waals surface area contributed by atoms with Gasteiger partial charge in [-0.2, -0.15) is 0 Å². The standard InChI is InChI=1S/C19H38N2/c1-5-6-15-11-12-21(14-15)18(13-20)16-7-9-17(10-8-16)19(2,3)4/h15-18H,5-14,20H2,1-4H3. The van der Waals surface area contributed by atoms with Crippen molar-refractivity contribution >= 4 is 0 Å². The van der Waals surface area contributed by atoms with E-state index in [1.54, 1.807) is 0 Å². The van der Waals surface area contributed by atoms with Gasteiger partial charge in [0.25, 0.3) is 0 Å². The molecule has 0 bridgehead atoms. The molecule has 1 heterocycles. The maximum atomic E-state index is 6.18. The van der Waals surface area contributed by atoms with Gasteiger partial charge in [-0.3, -0.25) is 4.90 Å². The number of rotatable bonds is 5. The molecule has 2 N–H and O–H groups in total. The lowest BCUT2D eigenvalue weighted by atomic mass is 9.68. The predicted molar refractivity (Wildman–Crippen MR) is 92.3 cm³/mol. The van der Waals surface area contributed by atoms with Gasteiger partial charge in [0.1, 0.15) is 0 Å². The zero-order chi connectivity index (χ0) is 15.5. The van der Waals surface area contributed by atoms with Gasteiger partial charge in [0.2, 0.25) is 0 Å². The molecule has 0 aromatic carbocycles. The molecule has 21 heavy (non-hydrogen) atoms. The summed E-state index contributed by atoms with van der Waals surface area (Å²) in [6, 6.07) is 0.660. The quantitative estimate of drug-likeness (QED) is 0.819. The van der Waals surface area contributed by atoms with E-state index in [9.17, 15) is 0 Å². The number of nitrogens with zero attached hydrogens (tertiary/aromatic N) is 1. The van der Waals surface area contributed by atoms with Gasteiger partial charge in [-0.25, -0.2) is 0 Å². The number of likely N-dealkylation sites (tertiary alicyclic amines) is 1. The molecule has 2 unspecified atom stereocenters. The number of nitrogens with two attached hydrogens (primary N) is 1. The number of hydrogen-bond acceptors (Lipinski definition) is 2. The molecule has 2 heteroatoms. The van der Waals surface area contributed by atoms with Crippen molar-refractivity contribution in [3.05, 3.63) is 0 Å². The summed E-state index contributed by atoms with van der Waals surface area (Å²) in [6.07, 6.45) is 9.78. The summed E-state index contributed by atoms with van der Waals surface area (Å²) in [6.45, 7) is 13.0. The number of hydrogen-bond donors (Lipinski definition) is 1. The van der Waals surface area contributed by atoms with Crippen LogP contribution in [-0.2, 0) is 0 Å². The molecule has 2 fully saturated rings. The Morgan fingerprint density at radius 2 is 1.76 bits per heavy atom. The van der Waals surface area contributed by atoms with Crippen LogP contribution in [0.4, 0.5) is 0 Å². The molecule has 124 valence electrons. The van der Waals surface area contributed by atoms with Gasteiger partial charge in [0.05, 0.1) is 0 Å². The lowest BCUT2D eigenvalue weighted by Gasteiger charge is -2.41. The second-order valence-electron chi connectivity index (χ2n) is 8.72. The van der Waals surface area contributed by atoms with Crippen molar-refractivity contribution in [1.82, 2.24) is 4.90 Å². The van der Waals surface area contributed by atoms with E-state index < -0.39 is 0 Å². The molecule has 1 saturated heterocycles. The third kappa shape index (κ3) is 4.45. The van der Waals surface area contributed by atoms with Crippen LogP contribution < -0.4 is 5.73 Å². The van der Waals surface area contributed by atoms with Crippen molar-refractivity contribution in [3.8, 4) is 0 Å². The molecule has 2 rings (SSSR count). The second kappa shape index (κ2) is 7.46. The van der Waals surface area contributed by atoms with Crippen molar-refractivity contribution in [3.63, 3.8) is 0 Å². The van der Waals surface area contributed by atoms with Crippen LogP contribution in [0.15, 0.2) is 0 Å². The van der Waals surface area contributed by atoms with Crippen molar-refractivity contribution in [2.24, 2.45) is 28.9 Å². The first-order chi connectivity index (χ1) is 9.95. The Kier molecular flexibility index (Phi) is 6.14. The lowest BCUT2D eigenvalue weighted by molar-refractivity contribution is 0.0920. The third-order valence-corrected chi connectivity index (χ3v) is 6.27. The fourth-order valence-corrected chi connectivity index (χ4v) is 4.82. The van der Waals surface area contributed by atoms with E-state index in [0.29, 0.717) is 11.5 Å². The third-order valence-electron chi connectivity index (χ3n) is 6.27. The van der Waals surface area contributed by atoms with Gasteiger partial charge in [0, 0.05) is 19.1 Å². The average molecular weight is 295 g/mol. The smallest absolute Gasteiger partial charge is 0.0246 e. The Labute approximate surface area is 132 Å². The molecule has 1 saturated carbocycles. The van der Waals surface area contributed by atoms with Gasteiger partial charge in [-0.1, -0.05) is 34.1 Å². The molecule has 2 atom stereocenters. The minimum Gasteiger partial charge on any atom is -0.329 e. The van der Waals surface area contributed by atoms with E-state index in [-0.39, 0.29) is 0 Å². The second-order valence-corrected chi connectivity index (χ2v) is 8.72.